The summed E-state index contributed by atoms with van der Waals surface area (Å²) < 4.78 is 35.9. The second kappa shape index (κ2) is 14.1. The van der Waals surface area contributed by atoms with Crippen molar-refractivity contribution in [1.29, 1.82) is 0 Å². The Morgan fingerprint density at radius 1 is 0.861 bits per heavy atom. The van der Waals surface area contributed by atoms with Gasteiger partial charge in [0.2, 0.25) is 24.3 Å². The van der Waals surface area contributed by atoms with Crippen molar-refractivity contribution in [2.45, 2.75) is 71.8 Å². The minimum absolute atomic E-state index is 0.0102. The summed E-state index contributed by atoms with van der Waals surface area (Å²) in [5.74, 6) is 0.628. The molecule has 0 saturated heterocycles. The third-order valence-corrected chi connectivity index (χ3v) is 21.2. The van der Waals surface area contributed by atoms with E-state index in [9.17, 15) is 4.79 Å². The van der Waals surface area contributed by atoms with E-state index in [2.05, 4.69) is 59.7 Å². The third-order valence-electron chi connectivity index (χ3n) is 4.87. The molecule has 1 atom stereocenters. The fraction of sp³-hybridized carbons (Fsp3) is 0.625. The molecule has 4 radical (unpaired) electrons. The largest absolute Gasteiger partial charge is 0.496 e. The summed E-state index contributed by atoms with van der Waals surface area (Å²) in [5, 5.41) is 0. The number of ether oxygens (including phenoxy) is 4. The van der Waals surface area contributed by atoms with Gasteiger partial charge in [0.1, 0.15) is 12.9 Å². The molecule has 0 N–H and O–H groups in total. The van der Waals surface area contributed by atoms with Gasteiger partial charge in [0.25, 0.3) is 0 Å². The first-order valence-corrected chi connectivity index (χ1v) is 25.3. The Bertz CT molecular complexity index is 860. The fourth-order valence-corrected chi connectivity index (χ4v) is 23.3. The number of hydrogen-bond donors (Lipinski definition) is 0. The van der Waals surface area contributed by atoms with Crippen molar-refractivity contribution < 1.29 is 32.0 Å². The van der Waals surface area contributed by atoms with E-state index in [-0.39, 0.29) is 35.8 Å². The van der Waals surface area contributed by atoms with Gasteiger partial charge in [0.05, 0.1) is 32.6 Å². The molecule has 0 spiro atoms. The van der Waals surface area contributed by atoms with Crippen LogP contribution in [0.5, 0.6) is 5.75 Å². The minimum atomic E-state index is -2.33. The monoisotopic (exact) mass is 584 g/mol. The highest BCUT2D eigenvalue weighted by Crippen LogP contribution is 2.30. The van der Waals surface area contributed by atoms with Crippen LogP contribution in [0.4, 0.5) is 0 Å². The van der Waals surface area contributed by atoms with Crippen molar-refractivity contribution in [2.75, 3.05) is 21.3 Å². The summed E-state index contributed by atoms with van der Waals surface area (Å²) in [6.07, 6.45) is 0.729. The third kappa shape index (κ3) is 10.7. The Morgan fingerprint density at radius 3 is 1.81 bits per heavy atom. The lowest BCUT2D eigenvalue weighted by Crippen LogP contribution is -2.62. The van der Waals surface area contributed by atoms with Crippen LogP contribution in [0.2, 0.25) is 45.8 Å². The van der Waals surface area contributed by atoms with Crippen LogP contribution in [0.1, 0.15) is 25.8 Å². The van der Waals surface area contributed by atoms with E-state index in [1.54, 1.807) is 7.11 Å². The van der Waals surface area contributed by atoms with Crippen molar-refractivity contribution in [2.24, 2.45) is 5.92 Å². The van der Waals surface area contributed by atoms with Gasteiger partial charge < -0.3 is 27.2 Å². The predicted molar refractivity (Wildman–Crippen MR) is 155 cm³/mol. The Balaban J connectivity index is 3.47. The van der Waals surface area contributed by atoms with Crippen LogP contribution < -0.4 is 4.74 Å². The lowest BCUT2D eigenvalue weighted by molar-refractivity contribution is -0.145. The number of carbonyl (C=O) groups is 1. The zero-order chi connectivity index (χ0) is 27.7. The van der Waals surface area contributed by atoms with Crippen LogP contribution in [0.15, 0.2) is 30.0 Å². The van der Waals surface area contributed by atoms with Crippen LogP contribution in [-0.2, 0) is 27.2 Å². The fourth-order valence-electron chi connectivity index (χ4n) is 3.11. The van der Waals surface area contributed by atoms with Gasteiger partial charge in [0, 0.05) is 0 Å². The van der Waals surface area contributed by atoms with Crippen LogP contribution >= 0.6 is 0 Å². The van der Waals surface area contributed by atoms with Crippen molar-refractivity contribution in [3.05, 3.63) is 35.6 Å². The molecule has 0 aliphatic rings. The highest BCUT2D eigenvalue weighted by atomic mass is 29.6. The van der Waals surface area contributed by atoms with E-state index < -0.39 is 29.7 Å². The van der Waals surface area contributed by atoms with Crippen molar-refractivity contribution in [3.63, 3.8) is 0 Å². The van der Waals surface area contributed by atoms with Crippen molar-refractivity contribution in [3.8, 4) is 5.75 Å². The first kappa shape index (κ1) is 32.9. The molecule has 0 aliphatic heterocycles. The molecule has 1 aromatic rings. The summed E-state index contributed by atoms with van der Waals surface area (Å²) in [6.45, 7) is 19.6. The average molecular weight is 585 g/mol. The molecule has 0 aliphatic carbocycles. The number of para-hydroxylation sites is 1. The van der Waals surface area contributed by atoms with E-state index in [0.717, 1.165) is 6.42 Å². The Hall–Kier alpha value is -1.17. The lowest BCUT2D eigenvalue weighted by atomic mass is 10.1. The molecule has 202 valence electrons. The summed E-state index contributed by atoms with van der Waals surface area (Å²) in [7, 11) is -0.798. The summed E-state index contributed by atoms with van der Waals surface area (Å²) in [5.41, 5.74) is 0.319. The van der Waals surface area contributed by atoms with Gasteiger partial charge in [-0.05, 0) is 63.8 Å². The van der Waals surface area contributed by atoms with Crippen LogP contribution in [0, 0.1) is 5.92 Å². The quantitative estimate of drug-likeness (QED) is 0.122. The number of benzene rings is 1. The number of carbonyl (C=O) groups excluding carboxylic acids is 1. The molecule has 7 nitrogen and oxygen atoms in total. The highest BCUT2D eigenvalue weighted by Gasteiger charge is 2.46. The molecule has 12 heteroatoms. The number of rotatable bonds is 15. The number of methoxy groups -OCH3 is 3. The maximum atomic E-state index is 13.6. The van der Waals surface area contributed by atoms with Gasteiger partial charge in [-0.1, -0.05) is 32.5 Å². The van der Waals surface area contributed by atoms with Crippen LogP contribution in [-0.4, -0.2) is 75.3 Å². The molecule has 1 aromatic carbocycles. The van der Waals surface area contributed by atoms with Gasteiger partial charge in [-0.25, -0.2) is 4.79 Å². The van der Waals surface area contributed by atoms with Gasteiger partial charge in [0.15, 0.2) is 22.4 Å². The maximum Gasteiger partial charge on any atom is 0.377 e. The Labute approximate surface area is 226 Å². The lowest BCUT2D eigenvalue weighted by Gasteiger charge is -2.37. The predicted octanol–water partition coefficient (Wildman–Crippen LogP) is 5.17. The van der Waals surface area contributed by atoms with Crippen molar-refractivity contribution >= 4 is 54.0 Å². The second-order valence-corrected chi connectivity index (χ2v) is 33.6. The molecule has 0 aromatic heterocycles. The topological polar surface area (TPSA) is 72.5 Å². The van der Waals surface area contributed by atoms with E-state index in [1.807, 2.05) is 24.3 Å². The van der Waals surface area contributed by atoms with E-state index >= 15 is 0 Å². The smallest absolute Gasteiger partial charge is 0.377 e. The first-order chi connectivity index (χ1) is 16.6. The Morgan fingerprint density at radius 2 is 1.39 bits per heavy atom. The van der Waals surface area contributed by atoms with Crippen LogP contribution in [0.25, 0.3) is 5.76 Å². The molecule has 1 rings (SSSR count). The molecule has 0 fully saturated rings. The van der Waals surface area contributed by atoms with E-state index in [4.69, 9.17) is 27.2 Å². The molecular formula is C24H44O7Si5. The summed E-state index contributed by atoms with van der Waals surface area (Å²) >= 11 is 0. The zero-order valence-corrected chi connectivity index (χ0v) is 29.0. The SMILES string of the molecule is COC(C(=O)OC(CC(C)C)[Si](C)([Si]O[Si](C)(C)C)[Si]O[Si](C)(C)C)=C(OC)c1ccccc1OC. The maximum absolute atomic E-state index is 13.6. The van der Waals surface area contributed by atoms with E-state index in [0.29, 0.717) is 17.2 Å². The number of esters is 1. The zero-order valence-electron chi connectivity index (χ0n) is 24.0. The Kier molecular flexibility index (Phi) is 12.9. The highest BCUT2D eigenvalue weighted by molar-refractivity contribution is 7.49. The van der Waals surface area contributed by atoms with Gasteiger partial charge in [-0.3, -0.25) is 0 Å². The normalized spacial score (nSPS) is 14.2. The van der Waals surface area contributed by atoms with Crippen LogP contribution in [0.3, 0.4) is 0 Å². The summed E-state index contributed by atoms with van der Waals surface area (Å²) in [6, 6.07) is 7.34. The van der Waals surface area contributed by atoms with Gasteiger partial charge >= 0.3 is 5.97 Å². The second-order valence-electron chi connectivity index (χ2n) is 11.1. The van der Waals surface area contributed by atoms with Gasteiger partial charge in [-0.15, -0.1) is 0 Å². The van der Waals surface area contributed by atoms with E-state index in [1.165, 1.54) is 14.2 Å². The molecule has 0 saturated carbocycles. The molecule has 1 unspecified atom stereocenters. The average Bonchev–Trinajstić information content (AvgIpc) is 2.78. The molecule has 0 bridgehead atoms. The first-order valence-electron chi connectivity index (χ1n) is 12.1. The number of hydrogen-bond acceptors (Lipinski definition) is 7. The summed E-state index contributed by atoms with van der Waals surface area (Å²) in [4.78, 5) is 13.6. The van der Waals surface area contributed by atoms with Gasteiger partial charge in [-0.2, -0.15) is 0 Å². The molecule has 0 heterocycles. The standard InChI is InChI=1S/C24H44O7Si5/c1-18(2)17-21(36(12,32-30-34(6,7)8)33-31-35(9,10)11)29-24(25)23(28-5)22(27-4)19-15-13-14-16-20(19)26-3/h13-16,18,21H,17H2,1-12H3. The van der Waals surface area contributed by atoms with Crippen molar-refractivity contribution in [1.82, 2.24) is 0 Å². The molecular weight excluding hydrogens is 541 g/mol. The molecule has 0 amide bonds. The minimum Gasteiger partial charge on any atom is -0.496 e. The molecule has 36 heavy (non-hydrogen) atoms.